The average Bonchev–Trinajstić information content (AvgIpc) is 2.56. The van der Waals surface area contributed by atoms with Gasteiger partial charge in [-0.25, -0.2) is 0 Å². The highest BCUT2D eigenvalue weighted by molar-refractivity contribution is 5.32. The standard InChI is InChI=1S/C17H17F3N2O/c18-17(19,20)14-2-1-7-22-15(14)10-12-3-5-13(6-4-12)16-11-21-8-9-23-16/h1-7,16,21H,8-11H2/t16-/m1/s1. The van der Waals surface area contributed by atoms with E-state index in [1.54, 1.807) is 0 Å². The van der Waals surface area contributed by atoms with Gasteiger partial charge in [0.05, 0.1) is 24.0 Å². The molecule has 122 valence electrons. The van der Waals surface area contributed by atoms with E-state index in [1.807, 2.05) is 24.3 Å². The number of nitrogens with zero attached hydrogens (tertiary/aromatic N) is 1. The highest BCUT2D eigenvalue weighted by Gasteiger charge is 2.33. The van der Waals surface area contributed by atoms with Crippen molar-refractivity contribution in [1.29, 1.82) is 0 Å². The summed E-state index contributed by atoms with van der Waals surface area (Å²) in [6.45, 7) is 2.25. The molecule has 0 bridgehead atoms. The van der Waals surface area contributed by atoms with Crippen LogP contribution in [-0.4, -0.2) is 24.7 Å². The van der Waals surface area contributed by atoms with Crippen LogP contribution in [0.25, 0.3) is 0 Å². The van der Waals surface area contributed by atoms with Gasteiger partial charge < -0.3 is 10.1 Å². The molecule has 0 unspecified atom stereocenters. The molecule has 1 atom stereocenters. The smallest absolute Gasteiger partial charge is 0.371 e. The molecule has 0 radical (unpaired) electrons. The van der Waals surface area contributed by atoms with Gasteiger partial charge in [-0.3, -0.25) is 4.98 Å². The Morgan fingerprint density at radius 2 is 1.96 bits per heavy atom. The van der Waals surface area contributed by atoms with Crippen LogP contribution in [0.4, 0.5) is 13.2 Å². The van der Waals surface area contributed by atoms with Crippen molar-refractivity contribution in [2.75, 3.05) is 19.7 Å². The summed E-state index contributed by atoms with van der Waals surface area (Å²) >= 11 is 0. The van der Waals surface area contributed by atoms with E-state index in [1.165, 1.54) is 12.3 Å². The van der Waals surface area contributed by atoms with Gasteiger partial charge in [-0.05, 0) is 23.3 Å². The predicted octanol–water partition coefficient (Wildman–Crippen LogP) is 3.35. The molecule has 6 heteroatoms. The number of nitrogens with one attached hydrogen (secondary N) is 1. The summed E-state index contributed by atoms with van der Waals surface area (Å²) in [5, 5.41) is 3.25. The highest BCUT2D eigenvalue weighted by Crippen LogP contribution is 2.32. The Balaban J connectivity index is 1.76. The van der Waals surface area contributed by atoms with Crippen LogP contribution in [0.3, 0.4) is 0 Å². The largest absolute Gasteiger partial charge is 0.418 e. The molecule has 1 aliphatic rings. The second-order valence-electron chi connectivity index (χ2n) is 5.48. The number of hydrogen-bond acceptors (Lipinski definition) is 3. The quantitative estimate of drug-likeness (QED) is 0.941. The summed E-state index contributed by atoms with van der Waals surface area (Å²) in [6.07, 6.45) is -2.84. The van der Waals surface area contributed by atoms with Gasteiger partial charge >= 0.3 is 6.18 Å². The van der Waals surface area contributed by atoms with E-state index in [-0.39, 0.29) is 18.2 Å². The molecule has 1 N–H and O–H groups in total. The van der Waals surface area contributed by atoms with Crippen LogP contribution in [0.1, 0.15) is 28.5 Å². The Hall–Kier alpha value is -1.92. The third kappa shape index (κ3) is 3.89. The molecule has 3 nitrogen and oxygen atoms in total. The third-order valence-electron chi connectivity index (χ3n) is 3.85. The van der Waals surface area contributed by atoms with Crippen LogP contribution in [0, 0.1) is 0 Å². The van der Waals surface area contributed by atoms with Crippen molar-refractivity contribution in [2.45, 2.75) is 18.7 Å². The van der Waals surface area contributed by atoms with Crippen molar-refractivity contribution in [2.24, 2.45) is 0 Å². The molecule has 2 heterocycles. The summed E-state index contributed by atoms with van der Waals surface area (Å²) in [5.74, 6) is 0. The predicted molar refractivity (Wildman–Crippen MR) is 80.0 cm³/mol. The number of benzene rings is 1. The van der Waals surface area contributed by atoms with E-state index >= 15 is 0 Å². The normalized spacial score (nSPS) is 18.8. The maximum atomic E-state index is 13.0. The van der Waals surface area contributed by atoms with E-state index < -0.39 is 11.7 Å². The summed E-state index contributed by atoms with van der Waals surface area (Å²) < 4.78 is 44.6. The molecule has 1 aliphatic heterocycles. The molecule has 0 spiro atoms. The van der Waals surface area contributed by atoms with E-state index in [0.29, 0.717) is 6.61 Å². The van der Waals surface area contributed by atoms with E-state index in [4.69, 9.17) is 4.74 Å². The molecule has 3 rings (SSSR count). The first-order valence-corrected chi connectivity index (χ1v) is 7.46. The molecule has 0 saturated carbocycles. The van der Waals surface area contributed by atoms with E-state index in [2.05, 4.69) is 10.3 Å². The lowest BCUT2D eigenvalue weighted by atomic mass is 10.0. The molecular formula is C17H17F3N2O. The van der Waals surface area contributed by atoms with Crippen LogP contribution >= 0.6 is 0 Å². The van der Waals surface area contributed by atoms with Crippen LogP contribution in [-0.2, 0) is 17.3 Å². The topological polar surface area (TPSA) is 34.2 Å². The minimum Gasteiger partial charge on any atom is -0.371 e. The monoisotopic (exact) mass is 322 g/mol. The summed E-state index contributed by atoms with van der Waals surface area (Å²) in [7, 11) is 0. The molecular weight excluding hydrogens is 305 g/mol. The fourth-order valence-corrected chi connectivity index (χ4v) is 2.66. The zero-order chi connectivity index (χ0) is 16.3. The van der Waals surface area contributed by atoms with Gasteiger partial charge in [0.2, 0.25) is 0 Å². The molecule has 1 saturated heterocycles. The number of alkyl halides is 3. The second kappa shape index (κ2) is 6.68. The number of aromatic nitrogens is 1. The Labute approximate surface area is 132 Å². The van der Waals surface area contributed by atoms with Crippen molar-refractivity contribution < 1.29 is 17.9 Å². The zero-order valence-corrected chi connectivity index (χ0v) is 12.4. The lowest BCUT2D eigenvalue weighted by Gasteiger charge is -2.24. The van der Waals surface area contributed by atoms with E-state index in [9.17, 15) is 13.2 Å². The van der Waals surface area contributed by atoms with Gasteiger partial charge in [0.15, 0.2) is 0 Å². The number of halogens is 3. The number of rotatable bonds is 3. The first-order chi connectivity index (χ1) is 11.0. The molecule has 0 aliphatic carbocycles. The van der Waals surface area contributed by atoms with Gasteiger partial charge in [-0.1, -0.05) is 24.3 Å². The maximum absolute atomic E-state index is 13.0. The Kier molecular flexibility index (Phi) is 4.63. The molecule has 1 aromatic carbocycles. The molecule has 1 fully saturated rings. The summed E-state index contributed by atoms with van der Waals surface area (Å²) in [5.41, 5.74) is 1.19. The zero-order valence-electron chi connectivity index (χ0n) is 12.4. The second-order valence-corrected chi connectivity index (χ2v) is 5.48. The summed E-state index contributed by atoms with van der Waals surface area (Å²) in [4.78, 5) is 3.90. The van der Waals surface area contributed by atoms with Gasteiger partial charge in [0, 0.05) is 25.7 Å². The fourth-order valence-electron chi connectivity index (χ4n) is 2.66. The average molecular weight is 322 g/mol. The maximum Gasteiger partial charge on any atom is 0.418 e. The first-order valence-electron chi connectivity index (χ1n) is 7.46. The minimum absolute atomic E-state index is 0.00149. The number of morpholine rings is 1. The van der Waals surface area contributed by atoms with E-state index in [0.717, 1.165) is 30.3 Å². The molecule has 2 aromatic rings. The van der Waals surface area contributed by atoms with Crippen molar-refractivity contribution in [3.63, 3.8) is 0 Å². The lowest BCUT2D eigenvalue weighted by Crippen LogP contribution is -2.33. The number of hydrogen-bond donors (Lipinski definition) is 1. The van der Waals surface area contributed by atoms with Gasteiger partial charge in [-0.15, -0.1) is 0 Å². The van der Waals surface area contributed by atoms with Crippen molar-refractivity contribution in [3.05, 3.63) is 65.0 Å². The van der Waals surface area contributed by atoms with Gasteiger partial charge in [0.1, 0.15) is 0 Å². The molecule has 23 heavy (non-hydrogen) atoms. The van der Waals surface area contributed by atoms with Crippen molar-refractivity contribution in [3.8, 4) is 0 Å². The van der Waals surface area contributed by atoms with Crippen molar-refractivity contribution >= 4 is 0 Å². The Bertz CT molecular complexity index is 650. The third-order valence-corrected chi connectivity index (χ3v) is 3.85. The van der Waals surface area contributed by atoms with Crippen molar-refractivity contribution in [1.82, 2.24) is 10.3 Å². The molecule has 0 amide bonds. The summed E-state index contributed by atoms with van der Waals surface area (Å²) in [6, 6.07) is 9.86. The minimum atomic E-state index is -4.38. The van der Waals surface area contributed by atoms with Gasteiger partial charge in [0.25, 0.3) is 0 Å². The van der Waals surface area contributed by atoms with Crippen LogP contribution in [0.5, 0.6) is 0 Å². The van der Waals surface area contributed by atoms with Crippen LogP contribution in [0.2, 0.25) is 0 Å². The number of pyridine rings is 1. The lowest BCUT2D eigenvalue weighted by molar-refractivity contribution is -0.138. The SMILES string of the molecule is FC(F)(F)c1cccnc1Cc1ccc([C@H]2CNCCO2)cc1. The Morgan fingerprint density at radius 1 is 1.17 bits per heavy atom. The van der Waals surface area contributed by atoms with Crippen LogP contribution < -0.4 is 5.32 Å². The highest BCUT2D eigenvalue weighted by atomic mass is 19.4. The fraction of sp³-hybridized carbons (Fsp3) is 0.353. The van der Waals surface area contributed by atoms with Crippen LogP contribution in [0.15, 0.2) is 42.6 Å². The van der Waals surface area contributed by atoms with Gasteiger partial charge in [-0.2, -0.15) is 13.2 Å². The Morgan fingerprint density at radius 3 is 2.61 bits per heavy atom. The number of ether oxygens (including phenoxy) is 1. The molecule has 1 aromatic heterocycles. The first kappa shape index (κ1) is 16.0.